The Balaban J connectivity index is 1.21. The Morgan fingerprint density at radius 1 is 0.805 bits per heavy atom. The summed E-state index contributed by atoms with van der Waals surface area (Å²) in [6.45, 7) is 3.34. The molecule has 0 radical (unpaired) electrons. The van der Waals surface area contributed by atoms with E-state index in [0.29, 0.717) is 40.5 Å². The zero-order valence-electron chi connectivity index (χ0n) is 22.2. The molecule has 0 spiro atoms. The van der Waals surface area contributed by atoms with E-state index in [0.717, 1.165) is 39.7 Å². The summed E-state index contributed by atoms with van der Waals surface area (Å²) in [5.74, 6) is 0.265. The van der Waals surface area contributed by atoms with Gasteiger partial charge in [-0.2, -0.15) is 5.10 Å². The fourth-order valence-corrected chi connectivity index (χ4v) is 5.06. The van der Waals surface area contributed by atoms with E-state index in [9.17, 15) is 4.39 Å². The van der Waals surface area contributed by atoms with Crippen LogP contribution in [0, 0.1) is 12.7 Å². The van der Waals surface area contributed by atoms with Crippen LogP contribution in [-0.2, 0) is 13.1 Å². The Hall–Kier alpha value is -5.28. The number of aromatic amines is 2. The van der Waals surface area contributed by atoms with Gasteiger partial charge < -0.3 is 10.3 Å². The minimum Gasteiger partial charge on any atom is -0.336 e. The highest BCUT2D eigenvalue weighted by atomic mass is 19.1. The molecule has 0 amide bonds. The summed E-state index contributed by atoms with van der Waals surface area (Å²) in [6.07, 6.45) is 7.21. The van der Waals surface area contributed by atoms with E-state index >= 15 is 0 Å². The molecular formula is C32H25FN8. The summed E-state index contributed by atoms with van der Waals surface area (Å²) in [5, 5.41) is 11.8. The zero-order valence-corrected chi connectivity index (χ0v) is 22.2. The molecule has 9 heteroatoms. The Morgan fingerprint density at radius 3 is 2.54 bits per heavy atom. The Morgan fingerprint density at radius 2 is 1.66 bits per heavy atom. The molecule has 0 aliphatic carbocycles. The van der Waals surface area contributed by atoms with Crippen LogP contribution >= 0.6 is 0 Å². The van der Waals surface area contributed by atoms with E-state index in [1.807, 2.05) is 61.9 Å². The lowest BCUT2D eigenvalue weighted by atomic mass is 10.1. The number of pyridine rings is 3. The Labute approximate surface area is 234 Å². The number of benzene rings is 2. The molecule has 5 heterocycles. The third kappa shape index (κ3) is 4.94. The third-order valence-corrected chi connectivity index (χ3v) is 6.99. The molecule has 0 saturated heterocycles. The van der Waals surface area contributed by atoms with Crippen LogP contribution in [0.1, 0.15) is 16.7 Å². The molecule has 0 atom stereocenters. The van der Waals surface area contributed by atoms with E-state index in [-0.39, 0.29) is 5.82 Å². The minimum absolute atomic E-state index is 0.308. The summed E-state index contributed by atoms with van der Waals surface area (Å²) >= 11 is 0. The number of H-pyrrole nitrogens is 2. The Kier molecular flexibility index (Phi) is 6.25. The van der Waals surface area contributed by atoms with Crippen molar-refractivity contribution >= 4 is 22.1 Å². The predicted molar refractivity (Wildman–Crippen MR) is 157 cm³/mol. The van der Waals surface area contributed by atoms with Crippen LogP contribution in [-0.4, -0.2) is 35.1 Å². The van der Waals surface area contributed by atoms with Crippen molar-refractivity contribution in [3.05, 3.63) is 114 Å². The van der Waals surface area contributed by atoms with Gasteiger partial charge in [0.1, 0.15) is 17.0 Å². The highest BCUT2D eigenvalue weighted by Crippen LogP contribution is 2.32. The van der Waals surface area contributed by atoms with Gasteiger partial charge in [-0.25, -0.2) is 14.4 Å². The molecule has 2 aromatic carbocycles. The van der Waals surface area contributed by atoms with Gasteiger partial charge in [0, 0.05) is 54.6 Å². The molecule has 7 aromatic rings. The first-order chi connectivity index (χ1) is 20.1. The van der Waals surface area contributed by atoms with Crippen LogP contribution in [0.2, 0.25) is 0 Å². The summed E-state index contributed by atoms with van der Waals surface area (Å²) in [6, 6.07) is 21.2. The molecule has 5 aromatic heterocycles. The predicted octanol–water partition coefficient (Wildman–Crippen LogP) is 6.36. The van der Waals surface area contributed by atoms with Gasteiger partial charge in [0.2, 0.25) is 0 Å². The number of nitrogens with one attached hydrogen (secondary N) is 3. The number of fused-ring (bicyclic) bond motifs is 2. The summed E-state index contributed by atoms with van der Waals surface area (Å²) in [5.41, 5.74) is 9.01. The molecule has 3 N–H and O–H groups in total. The second-order valence-corrected chi connectivity index (χ2v) is 10.0. The first-order valence-electron chi connectivity index (χ1n) is 13.3. The van der Waals surface area contributed by atoms with Crippen molar-refractivity contribution in [1.82, 2.24) is 40.4 Å². The quantitative estimate of drug-likeness (QED) is 0.217. The van der Waals surface area contributed by atoms with Gasteiger partial charge in [-0.3, -0.25) is 15.1 Å². The number of rotatable bonds is 7. The maximum absolute atomic E-state index is 14.2. The summed E-state index contributed by atoms with van der Waals surface area (Å²) in [7, 11) is 0. The van der Waals surface area contributed by atoms with Gasteiger partial charge >= 0.3 is 0 Å². The van der Waals surface area contributed by atoms with Crippen LogP contribution in [0.3, 0.4) is 0 Å². The molecule has 0 saturated carbocycles. The number of hydrogen-bond donors (Lipinski definition) is 3. The largest absolute Gasteiger partial charge is 0.336 e. The van der Waals surface area contributed by atoms with E-state index in [1.165, 1.54) is 17.7 Å². The second kappa shape index (κ2) is 10.4. The molecule has 0 aliphatic heterocycles. The number of aromatic nitrogens is 7. The summed E-state index contributed by atoms with van der Waals surface area (Å²) < 4.78 is 14.2. The van der Waals surface area contributed by atoms with Gasteiger partial charge in [-0.1, -0.05) is 30.3 Å². The van der Waals surface area contributed by atoms with E-state index < -0.39 is 0 Å². The molecule has 41 heavy (non-hydrogen) atoms. The lowest BCUT2D eigenvalue weighted by Crippen LogP contribution is -2.12. The van der Waals surface area contributed by atoms with E-state index in [1.54, 1.807) is 6.20 Å². The molecule has 200 valence electrons. The third-order valence-electron chi connectivity index (χ3n) is 6.99. The SMILES string of the molecule is Cc1cc(F)cc(-c2nccc3[nH]c(-c4n[nH]c5ncc(-c6cncc(CNCc7ccccc7)c6)cc45)nc23)c1. The van der Waals surface area contributed by atoms with Gasteiger partial charge in [0.05, 0.1) is 16.6 Å². The van der Waals surface area contributed by atoms with Crippen molar-refractivity contribution in [2.24, 2.45) is 0 Å². The first-order valence-corrected chi connectivity index (χ1v) is 13.3. The van der Waals surface area contributed by atoms with Gasteiger partial charge in [-0.05, 0) is 60.0 Å². The van der Waals surface area contributed by atoms with E-state index in [4.69, 9.17) is 4.98 Å². The highest BCUT2D eigenvalue weighted by molar-refractivity contribution is 5.96. The van der Waals surface area contributed by atoms with Crippen molar-refractivity contribution in [2.45, 2.75) is 20.0 Å². The average molecular weight is 541 g/mol. The molecule has 0 aliphatic rings. The number of aryl methyl sites for hydroxylation is 1. The molecule has 7 rings (SSSR count). The molecule has 0 bridgehead atoms. The van der Waals surface area contributed by atoms with Crippen LogP contribution in [0.5, 0.6) is 0 Å². The van der Waals surface area contributed by atoms with Crippen LogP contribution in [0.25, 0.3) is 56.0 Å². The van der Waals surface area contributed by atoms with Crippen molar-refractivity contribution in [1.29, 1.82) is 0 Å². The smallest absolute Gasteiger partial charge is 0.159 e. The average Bonchev–Trinajstić information content (AvgIpc) is 3.61. The number of nitrogens with zero attached hydrogens (tertiary/aromatic N) is 5. The number of hydrogen-bond acceptors (Lipinski definition) is 6. The lowest BCUT2D eigenvalue weighted by molar-refractivity contribution is 0.627. The topological polar surface area (TPSA) is 108 Å². The van der Waals surface area contributed by atoms with Gasteiger partial charge in [0.25, 0.3) is 0 Å². The monoisotopic (exact) mass is 540 g/mol. The molecule has 8 nitrogen and oxygen atoms in total. The van der Waals surface area contributed by atoms with Crippen molar-refractivity contribution in [3.63, 3.8) is 0 Å². The van der Waals surface area contributed by atoms with Crippen LogP contribution < -0.4 is 5.32 Å². The van der Waals surface area contributed by atoms with Crippen molar-refractivity contribution < 1.29 is 4.39 Å². The normalized spacial score (nSPS) is 11.5. The fraction of sp³-hybridized carbons (Fsp3) is 0.0938. The second-order valence-electron chi connectivity index (χ2n) is 10.0. The highest BCUT2D eigenvalue weighted by Gasteiger charge is 2.17. The van der Waals surface area contributed by atoms with Crippen molar-refractivity contribution in [2.75, 3.05) is 0 Å². The molecule has 0 unspecified atom stereocenters. The maximum atomic E-state index is 14.2. The first kappa shape index (κ1) is 24.7. The maximum Gasteiger partial charge on any atom is 0.159 e. The van der Waals surface area contributed by atoms with Crippen LogP contribution in [0.4, 0.5) is 4.39 Å². The van der Waals surface area contributed by atoms with Gasteiger partial charge in [-0.15, -0.1) is 0 Å². The van der Waals surface area contributed by atoms with Gasteiger partial charge in [0.15, 0.2) is 11.5 Å². The molecule has 0 fully saturated rings. The van der Waals surface area contributed by atoms with E-state index in [2.05, 4.69) is 53.6 Å². The van der Waals surface area contributed by atoms with Crippen molar-refractivity contribution in [3.8, 4) is 33.9 Å². The lowest BCUT2D eigenvalue weighted by Gasteiger charge is -2.07. The summed E-state index contributed by atoms with van der Waals surface area (Å²) in [4.78, 5) is 21.8. The van der Waals surface area contributed by atoms with Crippen LogP contribution in [0.15, 0.2) is 91.5 Å². The number of imidazole rings is 1. The minimum atomic E-state index is -0.308. The molecular weight excluding hydrogens is 515 g/mol. The zero-order chi connectivity index (χ0) is 27.8. The Bertz CT molecular complexity index is 1990. The number of halogens is 1. The standard InChI is InChI=1S/C32H25FN8/c1-19-9-22(12-25(33)10-19)28-30-27(7-8-36-28)38-32(39-30)29-26-13-24(18-37-31(26)41-40-29)23-11-21(16-35-17-23)15-34-14-20-5-3-2-4-6-20/h2-13,16-18,34H,14-15H2,1H3,(H,38,39)(H,37,40,41). The fourth-order valence-electron chi connectivity index (χ4n) is 5.06.